The smallest absolute Gasteiger partial charge is 0.0177 e. The predicted octanol–water partition coefficient (Wildman–Crippen LogP) is 2.08. The van der Waals surface area contributed by atoms with E-state index in [9.17, 15) is 0 Å². The molecule has 0 saturated carbocycles. The van der Waals surface area contributed by atoms with Crippen LogP contribution in [0.5, 0.6) is 0 Å². The van der Waals surface area contributed by atoms with E-state index < -0.39 is 0 Å². The minimum Gasteiger partial charge on any atom is -0.309 e. The highest BCUT2D eigenvalue weighted by Gasteiger charge is 1.57. The van der Waals surface area contributed by atoms with Crippen molar-refractivity contribution in [2.45, 2.75) is 0 Å². The third-order valence-corrected chi connectivity index (χ3v) is 0.677. The molecule has 0 spiro atoms. The van der Waals surface area contributed by atoms with Crippen LogP contribution in [0.2, 0.25) is 0 Å². The topological polar surface area (TPSA) is 23.8 Å². The minimum absolute atomic E-state index is 1.23. The number of nitrogens with one attached hydrogen (secondary N) is 1. The van der Waals surface area contributed by atoms with Gasteiger partial charge in [-0.1, -0.05) is 37.0 Å². The Labute approximate surface area is 55.9 Å². The molecule has 0 aromatic rings. The molecule has 1 N–H and O–H groups in total. The highest BCUT2D eigenvalue weighted by atomic mass is 14.5. The summed E-state index contributed by atoms with van der Waals surface area (Å²) in [4.78, 5) is 0. The van der Waals surface area contributed by atoms with E-state index in [1.807, 2.05) is 18.2 Å². The van der Waals surface area contributed by atoms with Crippen LogP contribution >= 0.6 is 0 Å². The lowest BCUT2D eigenvalue weighted by Gasteiger charge is -1.69. The lowest BCUT2D eigenvalue weighted by atomic mass is 10.4. The zero-order chi connectivity index (χ0) is 6.95. The van der Waals surface area contributed by atoms with Crippen LogP contribution in [0.15, 0.2) is 49.2 Å². The standard InChI is InChI=1S/C8H10N/c1-2-3-4-5-6-7-8-9/h2-9H,1H2/b4-3+,6-5+,8-7+. The van der Waals surface area contributed by atoms with Crippen LogP contribution in [-0.2, 0) is 0 Å². The molecular weight excluding hydrogens is 110 g/mol. The van der Waals surface area contributed by atoms with E-state index in [0.29, 0.717) is 0 Å². The molecule has 0 atom stereocenters. The molecule has 9 heavy (non-hydrogen) atoms. The van der Waals surface area contributed by atoms with Gasteiger partial charge in [-0.15, -0.1) is 0 Å². The Kier molecular flexibility index (Phi) is 5.83. The molecule has 0 heterocycles. The Bertz CT molecular complexity index is 141. The first-order chi connectivity index (χ1) is 4.41. The van der Waals surface area contributed by atoms with Gasteiger partial charge in [-0.3, -0.25) is 0 Å². The maximum Gasteiger partial charge on any atom is 0.0177 e. The van der Waals surface area contributed by atoms with Crippen LogP contribution in [0.4, 0.5) is 0 Å². The van der Waals surface area contributed by atoms with Crippen molar-refractivity contribution in [2.24, 2.45) is 0 Å². The van der Waals surface area contributed by atoms with E-state index >= 15 is 0 Å². The first kappa shape index (κ1) is 7.76. The van der Waals surface area contributed by atoms with E-state index in [0.717, 1.165) is 0 Å². The number of hydrogen-bond donors (Lipinski definition) is 0. The maximum absolute atomic E-state index is 6.61. The summed E-state index contributed by atoms with van der Waals surface area (Å²) in [5.74, 6) is 0. The Balaban J connectivity index is 3.46. The monoisotopic (exact) mass is 120 g/mol. The molecule has 0 saturated heterocycles. The van der Waals surface area contributed by atoms with E-state index in [1.165, 1.54) is 6.20 Å². The highest BCUT2D eigenvalue weighted by Crippen LogP contribution is 1.78. The maximum atomic E-state index is 6.61. The quantitative estimate of drug-likeness (QED) is 0.509. The molecule has 0 aromatic heterocycles. The molecule has 0 aliphatic heterocycles. The summed E-state index contributed by atoms with van der Waals surface area (Å²) < 4.78 is 0. The SMILES string of the molecule is C=C/C=C/C=C/C=C/[NH]. The summed E-state index contributed by atoms with van der Waals surface area (Å²) in [6.45, 7) is 3.50. The minimum atomic E-state index is 1.23. The molecular formula is C8H10N. The van der Waals surface area contributed by atoms with Gasteiger partial charge in [-0.2, -0.15) is 0 Å². The number of allylic oxidation sites excluding steroid dienone is 6. The first-order valence-electron chi connectivity index (χ1n) is 2.70. The van der Waals surface area contributed by atoms with Crippen molar-refractivity contribution in [2.75, 3.05) is 0 Å². The average Bonchev–Trinajstić information content (AvgIpc) is 1.89. The fraction of sp³-hybridized carbons (Fsp3) is 0. The molecule has 0 aliphatic rings. The Morgan fingerprint density at radius 3 is 2.00 bits per heavy atom. The van der Waals surface area contributed by atoms with Gasteiger partial charge in [0, 0.05) is 6.20 Å². The number of rotatable bonds is 3. The van der Waals surface area contributed by atoms with Gasteiger partial charge in [-0.25, -0.2) is 0 Å². The molecule has 0 rings (SSSR count). The van der Waals surface area contributed by atoms with E-state index in [2.05, 4.69) is 6.58 Å². The molecule has 47 valence electrons. The Morgan fingerprint density at radius 2 is 1.44 bits per heavy atom. The molecule has 0 fully saturated rings. The van der Waals surface area contributed by atoms with Crippen molar-refractivity contribution in [3.8, 4) is 0 Å². The second kappa shape index (κ2) is 6.76. The molecule has 0 bridgehead atoms. The summed E-state index contributed by atoms with van der Waals surface area (Å²) in [7, 11) is 0. The lowest BCUT2D eigenvalue weighted by Crippen LogP contribution is -1.51. The molecule has 0 aliphatic carbocycles. The van der Waals surface area contributed by atoms with Gasteiger partial charge in [0.2, 0.25) is 0 Å². The molecule has 1 radical (unpaired) electrons. The second-order valence-corrected chi connectivity index (χ2v) is 1.36. The van der Waals surface area contributed by atoms with Crippen LogP contribution in [-0.4, -0.2) is 0 Å². The summed E-state index contributed by atoms with van der Waals surface area (Å²) >= 11 is 0. The van der Waals surface area contributed by atoms with Gasteiger partial charge in [0.25, 0.3) is 0 Å². The van der Waals surface area contributed by atoms with Gasteiger partial charge in [-0.05, 0) is 6.08 Å². The van der Waals surface area contributed by atoms with Crippen molar-refractivity contribution in [3.63, 3.8) is 0 Å². The van der Waals surface area contributed by atoms with Crippen molar-refractivity contribution in [1.82, 2.24) is 5.73 Å². The second-order valence-electron chi connectivity index (χ2n) is 1.36. The van der Waals surface area contributed by atoms with Crippen LogP contribution in [0.3, 0.4) is 0 Å². The zero-order valence-electron chi connectivity index (χ0n) is 5.25. The van der Waals surface area contributed by atoms with Crippen LogP contribution in [0, 0.1) is 0 Å². The molecule has 0 amide bonds. The number of hydrogen-bond acceptors (Lipinski definition) is 0. The van der Waals surface area contributed by atoms with Gasteiger partial charge in [0.15, 0.2) is 0 Å². The van der Waals surface area contributed by atoms with E-state index in [-0.39, 0.29) is 0 Å². The van der Waals surface area contributed by atoms with Crippen molar-refractivity contribution < 1.29 is 0 Å². The summed E-state index contributed by atoms with van der Waals surface area (Å²) in [6, 6.07) is 0. The van der Waals surface area contributed by atoms with Gasteiger partial charge in [0.1, 0.15) is 0 Å². The normalized spacial score (nSPS) is 12.0. The molecule has 0 aromatic carbocycles. The third kappa shape index (κ3) is 6.76. The average molecular weight is 120 g/mol. The molecule has 0 unspecified atom stereocenters. The van der Waals surface area contributed by atoms with E-state index in [1.54, 1.807) is 18.2 Å². The Morgan fingerprint density at radius 1 is 0.889 bits per heavy atom. The first-order valence-corrected chi connectivity index (χ1v) is 2.70. The molecule has 1 heteroatoms. The zero-order valence-corrected chi connectivity index (χ0v) is 5.25. The van der Waals surface area contributed by atoms with E-state index in [4.69, 9.17) is 5.73 Å². The molecule has 1 nitrogen and oxygen atoms in total. The fourth-order valence-corrected chi connectivity index (χ4v) is 0.327. The third-order valence-electron chi connectivity index (χ3n) is 0.677. The fourth-order valence-electron chi connectivity index (χ4n) is 0.327. The van der Waals surface area contributed by atoms with Crippen molar-refractivity contribution in [1.29, 1.82) is 0 Å². The van der Waals surface area contributed by atoms with Crippen molar-refractivity contribution >= 4 is 0 Å². The van der Waals surface area contributed by atoms with Crippen molar-refractivity contribution in [3.05, 3.63) is 49.2 Å². The van der Waals surface area contributed by atoms with Gasteiger partial charge >= 0.3 is 0 Å². The Hall–Kier alpha value is -1.24. The predicted molar refractivity (Wildman–Crippen MR) is 40.7 cm³/mol. The van der Waals surface area contributed by atoms with Crippen LogP contribution in [0.25, 0.3) is 0 Å². The van der Waals surface area contributed by atoms with Crippen LogP contribution in [0.1, 0.15) is 0 Å². The summed E-state index contributed by atoms with van der Waals surface area (Å²) in [5, 5.41) is 0. The summed E-state index contributed by atoms with van der Waals surface area (Å²) in [6.07, 6.45) is 11.9. The highest BCUT2D eigenvalue weighted by molar-refractivity contribution is 5.13. The van der Waals surface area contributed by atoms with Crippen LogP contribution < -0.4 is 5.73 Å². The van der Waals surface area contributed by atoms with Gasteiger partial charge in [0.05, 0.1) is 0 Å². The lowest BCUT2D eigenvalue weighted by molar-refractivity contribution is 1.52. The van der Waals surface area contributed by atoms with Gasteiger partial charge < -0.3 is 5.73 Å². The largest absolute Gasteiger partial charge is 0.309 e. The summed E-state index contributed by atoms with van der Waals surface area (Å²) in [5.41, 5.74) is 6.61.